The molecule has 0 amide bonds. The Morgan fingerprint density at radius 3 is 3.21 bits per heavy atom. The highest BCUT2D eigenvalue weighted by Crippen LogP contribution is 2.10. The third-order valence-corrected chi connectivity index (χ3v) is 1.71. The fraction of sp³-hybridized carbons (Fsp3) is 0.500. The van der Waals surface area contributed by atoms with E-state index in [0.29, 0.717) is 0 Å². The van der Waals surface area contributed by atoms with Gasteiger partial charge in [-0.3, -0.25) is 0 Å². The topological polar surface area (TPSA) is 44.8 Å². The number of hydrogen-bond acceptors (Lipinski definition) is 4. The highest BCUT2D eigenvalue weighted by Gasteiger charge is 2.00. The number of carbonyl (C=O) groups is 1. The number of methoxy groups -OCH3 is 1. The van der Waals surface area contributed by atoms with Crippen LogP contribution in [0.1, 0.15) is 12.8 Å². The smallest absolute Gasteiger partial charge is 0.494 e. The molecule has 78 valence electrons. The van der Waals surface area contributed by atoms with E-state index in [-0.39, 0.29) is 6.61 Å². The maximum atomic E-state index is 10.5. The Morgan fingerprint density at radius 2 is 2.57 bits per heavy atom. The maximum absolute atomic E-state index is 10.5. The summed E-state index contributed by atoms with van der Waals surface area (Å²) < 4.78 is 14.3. The van der Waals surface area contributed by atoms with Crippen LogP contribution in [0.3, 0.4) is 0 Å². The van der Waals surface area contributed by atoms with Crippen LogP contribution in [0.2, 0.25) is 0 Å². The van der Waals surface area contributed by atoms with Crippen LogP contribution in [0.25, 0.3) is 0 Å². The van der Waals surface area contributed by atoms with E-state index < -0.39 is 6.16 Å². The molecular weight excluding hydrogens is 184 g/mol. The fourth-order valence-corrected chi connectivity index (χ4v) is 1.03. The van der Waals surface area contributed by atoms with Gasteiger partial charge in [-0.15, -0.1) is 0 Å². The van der Waals surface area contributed by atoms with Crippen molar-refractivity contribution in [2.24, 2.45) is 0 Å². The number of ether oxygens (including phenoxy) is 3. The van der Waals surface area contributed by atoms with E-state index in [2.05, 4.69) is 9.47 Å². The summed E-state index contributed by atoms with van der Waals surface area (Å²) in [5.74, 6) is 0.838. The second kappa shape index (κ2) is 6.07. The molecule has 0 aromatic heterocycles. The molecular formula is C10H14O4. The van der Waals surface area contributed by atoms with Crippen molar-refractivity contribution in [1.82, 2.24) is 0 Å². The van der Waals surface area contributed by atoms with E-state index >= 15 is 0 Å². The molecule has 0 saturated carbocycles. The molecule has 0 aliphatic carbocycles. The first kappa shape index (κ1) is 10.6. The van der Waals surface area contributed by atoms with Crippen molar-refractivity contribution in [2.75, 3.05) is 20.3 Å². The number of hydrogen-bond donors (Lipinski definition) is 0. The van der Waals surface area contributed by atoms with Gasteiger partial charge in [-0.1, -0.05) is 0 Å². The average molecular weight is 198 g/mol. The first-order valence-corrected chi connectivity index (χ1v) is 4.53. The first-order valence-electron chi connectivity index (χ1n) is 4.53. The second-order valence-corrected chi connectivity index (χ2v) is 2.76. The molecule has 0 unspecified atom stereocenters. The summed E-state index contributed by atoms with van der Waals surface area (Å²) in [6.45, 7) is 0.960. The van der Waals surface area contributed by atoms with Gasteiger partial charge in [0.2, 0.25) is 0 Å². The Hall–Kier alpha value is -1.45. The van der Waals surface area contributed by atoms with Crippen molar-refractivity contribution in [3.8, 4) is 0 Å². The van der Waals surface area contributed by atoms with Gasteiger partial charge < -0.3 is 14.2 Å². The summed E-state index contributed by atoms with van der Waals surface area (Å²) in [5, 5.41) is 0. The molecule has 0 atom stereocenters. The lowest BCUT2D eigenvalue weighted by molar-refractivity contribution is 0.0817. The minimum atomic E-state index is -0.673. The zero-order valence-electron chi connectivity index (χ0n) is 8.19. The predicted molar refractivity (Wildman–Crippen MR) is 50.8 cm³/mol. The summed E-state index contributed by atoms with van der Waals surface area (Å²) in [6.07, 6.45) is 6.95. The lowest BCUT2D eigenvalue weighted by atomic mass is 10.2. The Morgan fingerprint density at radius 1 is 1.71 bits per heavy atom. The lowest BCUT2D eigenvalue weighted by Crippen LogP contribution is -2.04. The van der Waals surface area contributed by atoms with Crippen molar-refractivity contribution < 1.29 is 19.0 Å². The molecule has 1 rings (SSSR count). The van der Waals surface area contributed by atoms with Crippen LogP contribution in [0.4, 0.5) is 4.79 Å². The fourth-order valence-electron chi connectivity index (χ4n) is 1.03. The van der Waals surface area contributed by atoms with Gasteiger partial charge in [0.25, 0.3) is 0 Å². The van der Waals surface area contributed by atoms with Crippen molar-refractivity contribution in [3.63, 3.8) is 0 Å². The molecule has 1 heterocycles. The standard InChI is InChI=1S/C10H14O4/c1-12-10(11)14-8-4-6-9-5-2-3-7-13-9/h4-6H,2-3,7-8H2,1H3/b6-4+. The van der Waals surface area contributed by atoms with Gasteiger partial charge in [0, 0.05) is 0 Å². The van der Waals surface area contributed by atoms with E-state index in [1.54, 1.807) is 12.2 Å². The predicted octanol–water partition coefficient (Wildman–Crippen LogP) is 2.02. The van der Waals surface area contributed by atoms with Crippen LogP contribution in [0, 0.1) is 0 Å². The quantitative estimate of drug-likeness (QED) is 0.651. The van der Waals surface area contributed by atoms with Gasteiger partial charge in [0.1, 0.15) is 12.4 Å². The van der Waals surface area contributed by atoms with Gasteiger partial charge in [0.15, 0.2) is 0 Å². The summed E-state index contributed by atoms with van der Waals surface area (Å²) in [5.41, 5.74) is 0. The molecule has 0 fully saturated rings. The molecule has 4 heteroatoms. The molecule has 4 nitrogen and oxygen atoms in total. The highest BCUT2D eigenvalue weighted by atomic mass is 16.7. The summed E-state index contributed by atoms with van der Waals surface area (Å²) in [7, 11) is 1.28. The summed E-state index contributed by atoms with van der Waals surface area (Å²) in [4.78, 5) is 10.5. The second-order valence-electron chi connectivity index (χ2n) is 2.76. The molecule has 0 saturated heterocycles. The van der Waals surface area contributed by atoms with Crippen LogP contribution in [-0.2, 0) is 14.2 Å². The molecule has 0 N–H and O–H groups in total. The normalized spacial score (nSPS) is 15.9. The van der Waals surface area contributed by atoms with Crippen LogP contribution >= 0.6 is 0 Å². The van der Waals surface area contributed by atoms with Gasteiger partial charge >= 0.3 is 6.16 Å². The number of allylic oxidation sites excluding steroid dienone is 2. The molecule has 0 bridgehead atoms. The SMILES string of the molecule is COC(=O)OC/C=C/C1=CCCCO1. The van der Waals surface area contributed by atoms with Crippen LogP contribution in [0.15, 0.2) is 24.0 Å². The molecule has 0 aromatic rings. The minimum Gasteiger partial charge on any atom is -0.494 e. The molecule has 0 spiro atoms. The van der Waals surface area contributed by atoms with E-state index in [1.807, 2.05) is 6.08 Å². The average Bonchev–Trinajstić information content (AvgIpc) is 2.25. The van der Waals surface area contributed by atoms with Gasteiger partial charge in [0.05, 0.1) is 13.7 Å². The van der Waals surface area contributed by atoms with Crippen LogP contribution in [0.5, 0.6) is 0 Å². The van der Waals surface area contributed by atoms with E-state index in [9.17, 15) is 4.79 Å². The van der Waals surface area contributed by atoms with Gasteiger partial charge in [-0.25, -0.2) is 4.79 Å². The Bertz CT molecular complexity index is 243. The third-order valence-electron chi connectivity index (χ3n) is 1.71. The number of rotatable bonds is 3. The summed E-state index contributed by atoms with van der Waals surface area (Å²) in [6, 6.07) is 0. The third kappa shape index (κ3) is 3.98. The number of carbonyl (C=O) groups excluding carboxylic acids is 1. The molecule has 0 aromatic carbocycles. The van der Waals surface area contributed by atoms with Crippen molar-refractivity contribution in [1.29, 1.82) is 0 Å². The zero-order chi connectivity index (χ0) is 10.2. The monoisotopic (exact) mass is 198 g/mol. The highest BCUT2D eigenvalue weighted by molar-refractivity contribution is 5.59. The van der Waals surface area contributed by atoms with Gasteiger partial charge in [-0.2, -0.15) is 0 Å². The van der Waals surface area contributed by atoms with Crippen molar-refractivity contribution >= 4 is 6.16 Å². The van der Waals surface area contributed by atoms with E-state index in [0.717, 1.165) is 25.2 Å². The van der Waals surface area contributed by atoms with Crippen LogP contribution in [-0.4, -0.2) is 26.5 Å². The van der Waals surface area contributed by atoms with Crippen molar-refractivity contribution in [2.45, 2.75) is 12.8 Å². The largest absolute Gasteiger partial charge is 0.508 e. The first-order chi connectivity index (χ1) is 6.83. The van der Waals surface area contributed by atoms with E-state index in [4.69, 9.17) is 4.74 Å². The van der Waals surface area contributed by atoms with E-state index in [1.165, 1.54) is 7.11 Å². The molecule has 1 aliphatic heterocycles. The van der Waals surface area contributed by atoms with Gasteiger partial charge in [-0.05, 0) is 31.1 Å². The van der Waals surface area contributed by atoms with Crippen LogP contribution < -0.4 is 0 Å². The molecule has 1 aliphatic rings. The summed E-state index contributed by atoms with van der Waals surface area (Å²) >= 11 is 0. The Labute approximate surface area is 83.1 Å². The zero-order valence-corrected chi connectivity index (χ0v) is 8.19. The maximum Gasteiger partial charge on any atom is 0.508 e. The molecule has 14 heavy (non-hydrogen) atoms. The molecule has 0 radical (unpaired) electrons. The minimum absolute atomic E-state index is 0.202. The Balaban J connectivity index is 2.19. The lowest BCUT2D eigenvalue weighted by Gasteiger charge is -2.11. The Kier molecular flexibility index (Phi) is 4.61. The van der Waals surface area contributed by atoms with Crippen molar-refractivity contribution in [3.05, 3.63) is 24.0 Å².